The zero-order chi connectivity index (χ0) is 18.2. The normalized spacial score (nSPS) is 11.1. The van der Waals surface area contributed by atoms with Crippen molar-refractivity contribution in [3.05, 3.63) is 23.8 Å². The summed E-state index contributed by atoms with van der Waals surface area (Å²) in [6.07, 6.45) is 0. The van der Waals surface area contributed by atoms with Crippen LogP contribution in [0.3, 0.4) is 0 Å². The fourth-order valence-electron chi connectivity index (χ4n) is 1.67. The maximum Gasteiger partial charge on any atom is 0.393 e. The molecule has 0 radical (unpaired) electrons. The molecule has 0 heterocycles. The van der Waals surface area contributed by atoms with Gasteiger partial charge in [-0.25, -0.2) is 4.57 Å². The van der Waals surface area contributed by atoms with Gasteiger partial charge in [-0.1, -0.05) is 0 Å². The van der Waals surface area contributed by atoms with E-state index in [2.05, 4.69) is 5.32 Å². The Bertz CT molecular complexity index is 628. The molecular weight excluding hydrogens is 357 g/mol. The van der Waals surface area contributed by atoms with Crippen LogP contribution in [0.25, 0.3) is 0 Å². The van der Waals surface area contributed by atoms with Crippen LogP contribution in [0.4, 0.5) is 0 Å². The SMILES string of the molecule is CCOP(=O)(OCC)Sc1cc(C(=O)NCC(=O)O)ccc1OC. The van der Waals surface area contributed by atoms with Crippen LogP contribution in [-0.2, 0) is 18.4 Å². The molecule has 1 amide bonds. The predicted molar refractivity (Wildman–Crippen MR) is 89.7 cm³/mol. The second-order valence-corrected chi connectivity index (χ2v) is 8.24. The number of carbonyl (C=O) groups excluding carboxylic acids is 1. The van der Waals surface area contributed by atoms with E-state index in [1.165, 1.54) is 25.3 Å². The molecule has 134 valence electrons. The van der Waals surface area contributed by atoms with Gasteiger partial charge < -0.3 is 24.2 Å². The highest BCUT2D eigenvalue weighted by atomic mass is 32.7. The Morgan fingerprint density at radius 1 is 1.25 bits per heavy atom. The summed E-state index contributed by atoms with van der Waals surface area (Å²) in [5.74, 6) is -1.32. The molecule has 0 aromatic heterocycles. The first-order chi connectivity index (χ1) is 11.3. The van der Waals surface area contributed by atoms with Crippen molar-refractivity contribution < 1.29 is 33.0 Å². The smallest absolute Gasteiger partial charge is 0.393 e. The van der Waals surface area contributed by atoms with Gasteiger partial charge in [0.15, 0.2) is 0 Å². The van der Waals surface area contributed by atoms with Gasteiger partial charge in [-0.05, 0) is 43.4 Å². The number of aliphatic carboxylic acids is 1. The Balaban J connectivity index is 3.07. The van der Waals surface area contributed by atoms with E-state index in [-0.39, 0.29) is 18.8 Å². The Labute approximate surface area is 144 Å². The molecule has 0 aliphatic heterocycles. The van der Waals surface area contributed by atoms with Crippen LogP contribution in [0, 0.1) is 0 Å². The van der Waals surface area contributed by atoms with Crippen molar-refractivity contribution in [2.24, 2.45) is 0 Å². The molecule has 2 N–H and O–H groups in total. The van der Waals surface area contributed by atoms with Crippen LogP contribution < -0.4 is 10.1 Å². The van der Waals surface area contributed by atoms with Crippen LogP contribution in [0.5, 0.6) is 5.75 Å². The second kappa shape index (κ2) is 9.68. The molecule has 0 aliphatic rings. The van der Waals surface area contributed by atoms with Gasteiger partial charge in [-0.2, -0.15) is 0 Å². The van der Waals surface area contributed by atoms with E-state index in [1.54, 1.807) is 13.8 Å². The van der Waals surface area contributed by atoms with E-state index < -0.39 is 25.2 Å². The maximum atomic E-state index is 12.6. The number of benzene rings is 1. The molecule has 24 heavy (non-hydrogen) atoms. The molecule has 8 nitrogen and oxygen atoms in total. The first-order valence-corrected chi connectivity index (χ1v) is 10.1. The number of carbonyl (C=O) groups is 2. The lowest BCUT2D eigenvalue weighted by Gasteiger charge is -2.17. The molecule has 0 saturated heterocycles. The standard InChI is InChI=1S/C14H20NO7PS/c1-4-21-23(19,22-5-2)24-12-8-10(6-7-11(12)20-3)14(18)15-9-13(16)17/h6-8H,4-5,9H2,1-3H3,(H,15,18)(H,16,17). The number of nitrogens with one attached hydrogen (secondary N) is 1. The fourth-order valence-corrected chi connectivity index (χ4v) is 5.25. The van der Waals surface area contributed by atoms with E-state index in [0.717, 1.165) is 11.4 Å². The van der Waals surface area contributed by atoms with Crippen LogP contribution in [0.15, 0.2) is 23.1 Å². The van der Waals surface area contributed by atoms with Crippen molar-refractivity contribution in [2.75, 3.05) is 26.9 Å². The van der Waals surface area contributed by atoms with Crippen molar-refractivity contribution >= 4 is 30.1 Å². The summed E-state index contributed by atoms with van der Waals surface area (Å²) >= 11 is 0.837. The molecule has 1 aromatic carbocycles. The van der Waals surface area contributed by atoms with Gasteiger partial charge in [0, 0.05) is 5.56 Å². The summed E-state index contributed by atoms with van der Waals surface area (Å²) < 4.78 is 28.3. The van der Waals surface area contributed by atoms with E-state index in [1.807, 2.05) is 0 Å². The van der Waals surface area contributed by atoms with Crippen molar-refractivity contribution in [1.29, 1.82) is 0 Å². The van der Waals surface area contributed by atoms with Crippen LogP contribution in [0.1, 0.15) is 24.2 Å². The highest BCUT2D eigenvalue weighted by molar-refractivity contribution is 8.55. The van der Waals surface area contributed by atoms with Crippen LogP contribution in [0.2, 0.25) is 0 Å². The lowest BCUT2D eigenvalue weighted by molar-refractivity contribution is -0.135. The van der Waals surface area contributed by atoms with Crippen LogP contribution in [-0.4, -0.2) is 43.9 Å². The minimum absolute atomic E-state index is 0.200. The van der Waals surface area contributed by atoms with Gasteiger partial charge in [0.25, 0.3) is 5.91 Å². The minimum Gasteiger partial charge on any atom is -0.496 e. The quantitative estimate of drug-likeness (QED) is 0.599. The number of methoxy groups -OCH3 is 1. The zero-order valence-electron chi connectivity index (χ0n) is 13.6. The highest BCUT2D eigenvalue weighted by Crippen LogP contribution is 2.64. The van der Waals surface area contributed by atoms with E-state index >= 15 is 0 Å². The molecule has 10 heteroatoms. The van der Waals surface area contributed by atoms with Crippen molar-refractivity contribution in [2.45, 2.75) is 18.7 Å². The molecule has 0 unspecified atom stereocenters. The first-order valence-electron chi connectivity index (χ1n) is 7.12. The van der Waals surface area contributed by atoms with E-state index in [9.17, 15) is 14.2 Å². The molecule has 0 spiro atoms. The molecule has 0 aliphatic carbocycles. The fraction of sp³-hybridized carbons (Fsp3) is 0.429. The average molecular weight is 377 g/mol. The predicted octanol–water partition coefficient (Wildman–Crippen LogP) is 2.78. The average Bonchev–Trinajstić information content (AvgIpc) is 2.52. The van der Waals surface area contributed by atoms with Crippen molar-refractivity contribution in [3.63, 3.8) is 0 Å². The van der Waals surface area contributed by atoms with E-state index in [4.69, 9.17) is 18.9 Å². The molecule has 1 aromatic rings. The van der Waals surface area contributed by atoms with Crippen molar-refractivity contribution in [1.82, 2.24) is 5.32 Å². The van der Waals surface area contributed by atoms with Crippen molar-refractivity contribution in [3.8, 4) is 5.75 Å². The molecule has 0 fully saturated rings. The lowest BCUT2D eigenvalue weighted by atomic mass is 10.2. The first kappa shape index (κ1) is 20.5. The number of rotatable bonds is 10. The summed E-state index contributed by atoms with van der Waals surface area (Å²) in [7, 11) is 1.44. The number of hydrogen-bond donors (Lipinski definition) is 2. The maximum absolute atomic E-state index is 12.6. The Morgan fingerprint density at radius 2 is 1.88 bits per heavy atom. The number of carboxylic acid groups (broad SMARTS) is 1. The molecule has 0 bridgehead atoms. The third-order valence-corrected chi connectivity index (χ3v) is 6.39. The molecular formula is C14H20NO7PS. The van der Waals surface area contributed by atoms with Gasteiger partial charge in [-0.3, -0.25) is 9.59 Å². The monoisotopic (exact) mass is 377 g/mol. The zero-order valence-corrected chi connectivity index (χ0v) is 15.3. The van der Waals surface area contributed by atoms with Gasteiger partial charge in [0.05, 0.1) is 25.2 Å². The molecule has 0 saturated carbocycles. The summed E-state index contributed by atoms with van der Waals surface area (Å²) in [6, 6.07) is 4.46. The highest BCUT2D eigenvalue weighted by Gasteiger charge is 2.28. The van der Waals surface area contributed by atoms with Gasteiger partial charge >= 0.3 is 12.8 Å². The number of amides is 1. The number of hydrogen-bond acceptors (Lipinski definition) is 7. The molecule has 0 atom stereocenters. The van der Waals surface area contributed by atoms with Gasteiger partial charge in [0.1, 0.15) is 12.3 Å². The van der Waals surface area contributed by atoms with Crippen LogP contribution >= 0.6 is 18.2 Å². The minimum atomic E-state index is -3.45. The summed E-state index contributed by atoms with van der Waals surface area (Å²) in [4.78, 5) is 22.9. The van der Waals surface area contributed by atoms with E-state index in [0.29, 0.717) is 10.6 Å². The van der Waals surface area contributed by atoms with Gasteiger partial charge in [-0.15, -0.1) is 0 Å². The lowest BCUT2D eigenvalue weighted by Crippen LogP contribution is -2.29. The summed E-state index contributed by atoms with van der Waals surface area (Å²) in [5, 5.41) is 10.9. The van der Waals surface area contributed by atoms with Gasteiger partial charge in [0.2, 0.25) is 0 Å². The Morgan fingerprint density at radius 3 is 2.38 bits per heavy atom. The Hall–Kier alpha value is -1.54. The number of carboxylic acids is 1. The summed E-state index contributed by atoms with van der Waals surface area (Å²) in [6.45, 7) is -0.161. The Kier molecular flexibility index (Phi) is 8.27. The largest absolute Gasteiger partial charge is 0.496 e. The summed E-state index contributed by atoms with van der Waals surface area (Å²) in [5.41, 5.74) is 0.207. The number of ether oxygens (including phenoxy) is 1. The molecule has 1 rings (SSSR count). The topological polar surface area (TPSA) is 111 Å². The second-order valence-electron chi connectivity index (χ2n) is 4.32. The third kappa shape index (κ3) is 6.16. The third-order valence-electron chi connectivity index (χ3n) is 2.61.